The summed E-state index contributed by atoms with van der Waals surface area (Å²) in [5.41, 5.74) is 0.238. The minimum absolute atomic E-state index is 0.00819. The summed E-state index contributed by atoms with van der Waals surface area (Å²) in [5.74, 6) is 0.157. The van der Waals surface area contributed by atoms with Gasteiger partial charge in [0.25, 0.3) is 5.91 Å². The van der Waals surface area contributed by atoms with E-state index in [1.54, 1.807) is 0 Å². The minimum Gasteiger partial charge on any atom is -0.349 e. The highest BCUT2D eigenvalue weighted by Crippen LogP contribution is 2.29. The Labute approximate surface area is 110 Å². The minimum atomic E-state index is -3.93. The van der Waals surface area contributed by atoms with Crippen LogP contribution in [0.2, 0.25) is 5.02 Å². The second-order valence-electron chi connectivity index (χ2n) is 4.48. The molecule has 0 heterocycles. The average Bonchev–Trinajstić information content (AvgIpc) is 2.93. The Morgan fingerprint density at radius 1 is 1.50 bits per heavy atom. The zero-order valence-corrected chi connectivity index (χ0v) is 11.3. The number of benzene rings is 1. The molecule has 1 aromatic carbocycles. The molecule has 1 fully saturated rings. The molecule has 0 aliphatic heterocycles. The van der Waals surface area contributed by atoms with Crippen LogP contribution in [0.15, 0.2) is 23.1 Å². The lowest BCUT2D eigenvalue weighted by atomic mass is 10.2. The van der Waals surface area contributed by atoms with E-state index in [9.17, 15) is 13.2 Å². The molecular formula is C11H13ClN2O3S. The standard InChI is InChI=1S/C11H13ClN2O3S/c1-6-4-9(6)14-11(15)7-2-3-8(12)10(5-7)18(13,16)17/h2-3,5-6,9H,4H2,1H3,(H,14,15)(H2,13,16,17). The summed E-state index contributed by atoms with van der Waals surface area (Å²) in [5, 5.41) is 7.83. The normalized spacial score (nSPS) is 22.6. The van der Waals surface area contributed by atoms with Crippen molar-refractivity contribution in [2.45, 2.75) is 24.3 Å². The van der Waals surface area contributed by atoms with E-state index in [0.29, 0.717) is 5.92 Å². The SMILES string of the molecule is CC1CC1NC(=O)c1ccc(Cl)c(S(N)(=O)=O)c1. The quantitative estimate of drug-likeness (QED) is 0.873. The van der Waals surface area contributed by atoms with Crippen LogP contribution in [0, 0.1) is 5.92 Å². The zero-order chi connectivity index (χ0) is 13.5. The van der Waals surface area contributed by atoms with Crippen molar-refractivity contribution in [2.24, 2.45) is 11.1 Å². The number of primary sulfonamides is 1. The van der Waals surface area contributed by atoms with Crippen LogP contribution in [-0.2, 0) is 10.0 Å². The van der Waals surface area contributed by atoms with Gasteiger partial charge in [-0.25, -0.2) is 13.6 Å². The smallest absolute Gasteiger partial charge is 0.251 e. The van der Waals surface area contributed by atoms with Gasteiger partial charge in [0.1, 0.15) is 4.90 Å². The highest BCUT2D eigenvalue weighted by molar-refractivity contribution is 7.89. The van der Waals surface area contributed by atoms with Crippen LogP contribution in [-0.4, -0.2) is 20.4 Å². The first-order valence-corrected chi connectivity index (χ1v) is 7.34. The van der Waals surface area contributed by atoms with Crippen LogP contribution in [0.25, 0.3) is 0 Å². The van der Waals surface area contributed by atoms with E-state index in [1.807, 2.05) is 6.92 Å². The largest absolute Gasteiger partial charge is 0.349 e. The molecule has 0 saturated heterocycles. The third-order valence-electron chi connectivity index (χ3n) is 2.93. The van der Waals surface area contributed by atoms with E-state index in [4.69, 9.17) is 16.7 Å². The number of nitrogens with two attached hydrogens (primary N) is 1. The first-order valence-electron chi connectivity index (χ1n) is 5.42. The monoisotopic (exact) mass is 288 g/mol. The zero-order valence-electron chi connectivity index (χ0n) is 9.68. The maximum absolute atomic E-state index is 11.8. The first-order chi connectivity index (χ1) is 8.29. The van der Waals surface area contributed by atoms with Gasteiger partial charge in [-0.05, 0) is 30.5 Å². The molecule has 0 bridgehead atoms. The molecule has 2 unspecified atom stereocenters. The number of nitrogens with one attached hydrogen (secondary N) is 1. The second kappa shape index (κ2) is 4.53. The molecule has 1 aliphatic carbocycles. The maximum atomic E-state index is 11.8. The van der Waals surface area contributed by atoms with Gasteiger partial charge >= 0.3 is 0 Å². The van der Waals surface area contributed by atoms with Crippen molar-refractivity contribution in [3.8, 4) is 0 Å². The third-order valence-corrected chi connectivity index (χ3v) is 4.32. The number of carbonyl (C=O) groups excluding carboxylic acids is 1. The number of carbonyl (C=O) groups is 1. The number of amides is 1. The number of hydrogen-bond acceptors (Lipinski definition) is 3. The van der Waals surface area contributed by atoms with Crippen molar-refractivity contribution in [1.82, 2.24) is 5.32 Å². The van der Waals surface area contributed by atoms with E-state index < -0.39 is 10.0 Å². The Balaban J connectivity index is 2.27. The predicted molar refractivity (Wildman–Crippen MR) is 67.9 cm³/mol. The molecule has 1 aliphatic rings. The van der Waals surface area contributed by atoms with E-state index in [2.05, 4.69) is 5.32 Å². The van der Waals surface area contributed by atoms with Gasteiger partial charge in [0.05, 0.1) is 5.02 Å². The summed E-state index contributed by atoms with van der Waals surface area (Å²) in [4.78, 5) is 11.6. The molecule has 0 aromatic heterocycles. The molecule has 1 aromatic rings. The van der Waals surface area contributed by atoms with Crippen molar-refractivity contribution < 1.29 is 13.2 Å². The van der Waals surface area contributed by atoms with E-state index in [0.717, 1.165) is 6.42 Å². The summed E-state index contributed by atoms with van der Waals surface area (Å²) >= 11 is 5.74. The van der Waals surface area contributed by atoms with E-state index in [1.165, 1.54) is 18.2 Å². The van der Waals surface area contributed by atoms with Crippen LogP contribution < -0.4 is 10.5 Å². The topological polar surface area (TPSA) is 89.3 Å². The molecule has 0 radical (unpaired) electrons. The van der Waals surface area contributed by atoms with Crippen molar-refractivity contribution >= 4 is 27.5 Å². The Bertz CT molecular complexity index is 600. The molecular weight excluding hydrogens is 276 g/mol. The molecule has 2 atom stereocenters. The molecule has 7 heteroatoms. The number of halogens is 1. The fraction of sp³-hybridized carbons (Fsp3) is 0.364. The fourth-order valence-electron chi connectivity index (χ4n) is 1.64. The van der Waals surface area contributed by atoms with Gasteiger partial charge < -0.3 is 5.32 Å². The lowest BCUT2D eigenvalue weighted by Crippen LogP contribution is -2.27. The summed E-state index contributed by atoms with van der Waals surface area (Å²) in [6.07, 6.45) is 0.946. The van der Waals surface area contributed by atoms with E-state index in [-0.39, 0.29) is 27.4 Å². The van der Waals surface area contributed by atoms with Crippen LogP contribution in [0.5, 0.6) is 0 Å². The summed E-state index contributed by atoms with van der Waals surface area (Å²) in [7, 11) is -3.93. The summed E-state index contributed by atoms with van der Waals surface area (Å²) in [6.45, 7) is 2.03. The highest BCUT2D eigenvalue weighted by atomic mass is 35.5. The van der Waals surface area contributed by atoms with Crippen LogP contribution >= 0.6 is 11.6 Å². The van der Waals surface area contributed by atoms with Crippen molar-refractivity contribution in [3.63, 3.8) is 0 Å². The number of hydrogen-bond donors (Lipinski definition) is 2. The second-order valence-corrected chi connectivity index (χ2v) is 6.42. The van der Waals surface area contributed by atoms with Gasteiger partial charge in [-0.15, -0.1) is 0 Å². The Morgan fingerprint density at radius 2 is 2.11 bits per heavy atom. The average molecular weight is 289 g/mol. The van der Waals surface area contributed by atoms with Crippen molar-refractivity contribution in [2.75, 3.05) is 0 Å². The van der Waals surface area contributed by atoms with Gasteiger partial charge in [0.2, 0.25) is 10.0 Å². The predicted octanol–water partition coefficient (Wildman–Crippen LogP) is 1.13. The van der Waals surface area contributed by atoms with Crippen molar-refractivity contribution in [3.05, 3.63) is 28.8 Å². The lowest BCUT2D eigenvalue weighted by Gasteiger charge is -2.07. The number of sulfonamides is 1. The van der Waals surface area contributed by atoms with Gasteiger partial charge in [-0.1, -0.05) is 18.5 Å². The lowest BCUT2D eigenvalue weighted by molar-refractivity contribution is 0.0949. The Morgan fingerprint density at radius 3 is 2.61 bits per heavy atom. The van der Waals surface area contributed by atoms with Gasteiger partial charge in [0, 0.05) is 11.6 Å². The van der Waals surface area contributed by atoms with Gasteiger partial charge in [-0.2, -0.15) is 0 Å². The summed E-state index contributed by atoms with van der Waals surface area (Å²) in [6, 6.07) is 4.19. The van der Waals surface area contributed by atoms with Gasteiger partial charge in [-0.3, -0.25) is 4.79 Å². The van der Waals surface area contributed by atoms with Crippen LogP contribution in [0.1, 0.15) is 23.7 Å². The van der Waals surface area contributed by atoms with E-state index >= 15 is 0 Å². The first kappa shape index (κ1) is 13.3. The Kier molecular flexibility index (Phi) is 3.35. The van der Waals surface area contributed by atoms with Gasteiger partial charge in [0.15, 0.2) is 0 Å². The molecule has 2 rings (SSSR count). The van der Waals surface area contributed by atoms with Crippen LogP contribution in [0.4, 0.5) is 0 Å². The number of rotatable bonds is 3. The summed E-state index contributed by atoms with van der Waals surface area (Å²) < 4.78 is 22.6. The highest BCUT2D eigenvalue weighted by Gasteiger charge is 2.34. The molecule has 5 nitrogen and oxygen atoms in total. The molecule has 1 amide bonds. The molecule has 1 saturated carbocycles. The molecule has 98 valence electrons. The Hall–Kier alpha value is -1.11. The molecule has 0 spiro atoms. The van der Waals surface area contributed by atoms with Crippen molar-refractivity contribution in [1.29, 1.82) is 0 Å². The third kappa shape index (κ3) is 2.82. The van der Waals surface area contributed by atoms with Crippen LogP contribution in [0.3, 0.4) is 0 Å². The maximum Gasteiger partial charge on any atom is 0.251 e. The molecule has 18 heavy (non-hydrogen) atoms. The fourth-order valence-corrected chi connectivity index (χ4v) is 2.71. The molecule has 3 N–H and O–H groups in total.